The van der Waals surface area contributed by atoms with Gasteiger partial charge in [-0.15, -0.1) is 0 Å². The number of rotatable bonds is 3. The van der Waals surface area contributed by atoms with Crippen LogP contribution in [0.2, 0.25) is 0 Å². The number of aryl methyl sites for hydroxylation is 2. The second-order valence-corrected chi connectivity index (χ2v) is 5.85. The minimum atomic E-state index is 0.0977. The van der Waals surface area contributed by atoms with E-state index in [2.05, 4.69) is 54.4 Å². The molecule has 0 radical (unpaired) electrons. The molecule has 0 atom stereocenters. The first-order valence-corrected chi connectivity index (χ1v) is 6.60. The van der Waals surface area contributed by atoms with E-state index in [1.54, 1.807) is 0 Å². The van der Waals surface area contributed by atoms with Crippen LogP contribution in [0.1, 0.15) is 38.0 Å². The molecule has 0 saturated heterocycles. The molecule has 1 N–H and O–H groups in total. The lowest BCUT2D eigenvalue weighted by Gasteiger charge is -2.21. The van der Waals surface area contributed by atoms with E-state index in [4.69, 9.17) is 0 Å². The summed E-state index contributed by atoms with van der Waals surface area (Å²) in [6, 6.07) is 8.31. The topological polar surface area (TPSA) is 42.7 Å². The Balaban J connectivity index is 2.34. The van der Waals surface area contributed by atoms with Crippen molar-refractivity contribution in [2.24, 2.45) is 0 Å². The first-order chi connectivity index (χ1) is 8.87. The van der Waals surface area contributed by atoms with Gasteiger partial charge < -0.3 is 5.32 Å². The second-order valence-electron chi connectivity index (χ2n) is 5.85. The molecule has 2 aromatic rings. The highest BCUT2D eigenvalue weighted by Gasteiger charge is 2.12. The van der Waals surface area contributed by atoms with E-state index >= 15 is 0 Å². The summed E-state index contributed by atoms with van der Waals surface area (Å²) in [6.07, 6.45) is 0. The highest BCUT2D eigenvalue weighted by molar-refractivity contribution is 5.40. The third kappa shape index (κ3) is 3.41. The van der Waals surface area contributed by atoms with Crippen LogP contribution in [0.15, 0.2) is 24.3 Å². The second kappa shape index (κ2) is 5.13. The van der Waals surface area contributed by atoms with Crippen LogP contribution < -0.4 is 5.32 Å². The molecule has 0 fully saturated rings. The van der Waals surface area contributed by atoms with E-state index in [0.29, 0.717) is 0 Å². The van der Waals surface area contributed by atoms with Crippen molar-refractivity contribution in [2.75, 3.05) is 0 Å². The third-order valence-electron chi connectivity index (χ3n) is 2.90. The molecular weight excluding hydrogens is 236 g/mol. The van der Waals surface area contributed by atoms with E-state index in [9.17, 15) is 0 Å². The van der Waals surface area contributed by atoms with Gasteiger partial charge in [-0.05, 0) is 46.2 Å². The summed E-state index contributed by atoms with van der Waals surface area (Å²) in [5, 5.41) is 7.98. The van der Waals surface area contributed by atoms with E-state index in [1.807, 2.05) is 24.6 Å². The smallest absolute Gasteiger partial charge is 0.148 e. The van der Waals surface area contributed by atoms with Gasteiger partial charge in [0.1, 0.15) is 11.6 Å². The Hall–Kier alpha value is -1.68. The Labute approximate surface area is 114 Å². The van der Waals surface area contributed by atoms with Crippen LogP contribution in [0.25, 0.3) is 5.69 Å². The predicted octanol–water partition coefficient (Wildman–Crippen LogP) is 2.77. The standard InChI is InChI=1S/C15H22N4/c1-11-17-12(2)19(18-11)14-9-7-6-8-13(14)10-16-15(3,4)5/h6-9,16H,10H2,1-5H3. The third-order valence-corrected chi connectivity index (χ3v) is 2.90. The van der Waals surface area contributed by atoms with Crippen molar-refractivity contribution in [3.05, 3.63) is 41.5 Å². The maximum Gasteiger partial charge on any atom is 0.148 e. The number of aromatic nitrogens is 3. The fourth-order valence-corrected chi connectivity index (χ4v) is 1.98. The van der Waals surface area contributed by atoms with Crippen molar-refractivity contribution in [3.63, 3.8) is 0 Å². The minimum Gasteiger partial charge on any atom is -0.308 e. The largest absolute Gasteiger partial charge is 0.308 e. The number of benzene rings is 1. The van der Waals surface area contributed by atoms with Crippen molar-refractivity contribution in [1.29, 1.82) is 0 Å². The maximum absolute atomic E-state index is 4.46. The molecule has 0 unspecified atom stereocenters. The van der Waals surface area contributed by atoms with Crippen LogP contribution in [0.3, 0.4) is 0 Å². The molecule has 0 aliphatic carbocycles. The summed E-state index contributed by atoms with van der Waals surface area (Å²) in [5.41, 5.74) is 2.42. The minimum absolute atomic E-state index is 0.0977. The first-order valence-electron chi connectivity index (χ1n) is 6.60. The molecule has 1 aromatic carbocycles. The Morgan fingerprint density at radius 2 is 1.84 bits per heavy atom. The summed E-state index contributed by atoms with van der Waals surface area (Å²) in [6.45, 7) is 11.2. The number of para-hydroxylation sites is 1. The zero-order valence-electron chi connectivity index (χ0n) is 12.4. The quantitative estimate of drug-likeness (QED) is 0.920. The van der Waals surface area contributed by atoms with Crippen LogP contribution in [-0.2, 0) is 6.54 Å². The lowest BCUT2D eigenvalue weighted by atomic mass is 10.1. The van der Waals surface area contributed by atoms with Gasteiger partial charge in [0.15, 0.2) is 0 Å². The molecule has 0 aliphatic heterocycles. The van der Waals surface area contributed by atoms with Gasteiger partial charge in [0.25, 0.3) is 0 Å². The first kappa shape index (κ1) is 13.7. The Morgan fingerprint density at radius 1 is 1.16 bits per heavy atom. The zero-order chi connectivity index (χ0) is 14.0. The Kier molecular flexibility index (Phi) is 3.71. The number of hydrogen-bond acceptors (Lipinski definition) is 3. The lowest BCUT2D eigenvalue weighted by Crippen LogP contribution is -2.35. The fraction of sp³-hybridized carbons (Fsp3) is 0.467. The monoisotopic (exact) mass is 258 g/mol. The van der Waals surface area contributed by atoms with E-state index in [-0.39, 0.29) is 5.54 Å². The average molecular weight is 258 g/mol. The molecule has 0 saturated carbocycles. The molecule has 102 valence electrons. The van der Waals surface area contributed by atoms with Gasteiger partial charge in [-0.1, -0.05) is 18.2 Å². The SMILES string of the molecule is Cc1nc(C)n(-c2ccccc2CNC(C)(C)C)n1. The average Bonchev–Trinajstić information content (AvgIpc) is 2.65. The lowest BCUT2D eigenvalue weighted by molar-refractivity contribution is 0.423. The molecule has 0 bridgehead atoms. The molecule has 0 amide bonds. The molecule has 1 aromatic heterocycles. The van der Waals surface area contributed by atoms with Crippen molar-refractivity contribution in [2.45, 2.75) is 46.7 Å². The van der Waals surface area contributed by atoms with Gasteiger partial charge >= 0.3 is 0 Å². The summed E-state index contributed by atoms with van der Waals surface area (Å²) < 4.78 is 1.91. The van der Waals surface area contributed by atoms with Gasteiger partial charge in [-0.25, -0.2) is 9.67 Å². The summed E-state index contributed by atoms with van der Waals surface area (Å²) >= 11 is 0. The fourth-order valence-electron chi connectivity index (χ4n) is 1.98. The predicted molar refractivity (Wildman–Crippen MR) is 77.4 cm³/mol. The Morgan fingerprint density at radius 3 is 2.42 bits per heavy atom. The summed E-state index contributed by atoms with van der Waals surface area (Å²) in [4.78, 5) is 4.37. The molecule has 1 heterocycles. The van der Waals surface area contributed by atoms with Crippen LogP contribution in [0.5, 0.6) is 0 Å². The molecule has 4 nitrogen and oxygen atoms in total. The number of nitrogens with zero attached hydrogens (tertiary/aromatic N) is 3. The van der Waals surface area contributed by atoms with Crippen LogP contribution in [-0.4, -0.2) is 20.3 Å². The highest BCUT2D eigenvalue weighted by atomic mass is 15.3. The molecule has 0 aliphatic rings. The van der Waals surface area contributed by atoms with Gasteiger partial charge in [0.05, 0.1) is 5.69 Å². The normalized spacial score (nSPS) is 11.8. The van der Waals surface area contributed by atoms with Crippen LogP contribution >= 0.6 is 0 Å². The molecule has 19 heavy (non-hydrogen) atoms. The molecular formula is C15H22N4. The molecule has 2 rings (SSSR count). The van der Waals surface area contributed by atoms with Crippen molar-refractivity contribution in [3.8, 4) is 5.69 Å². The van der Waals surface area contributed by atoms with Gasteiger partial charge in [-0.2, -0.15) is 5.10 Å². The van der Waals surface area contributed by atoms with Gasteiger partial charge in [0, 0.05) is 12.1 Å². The highest BCUT2D eigenvalue weighted by Crippen LogP contribution is 2.16. The maximum atomic E-state index is 4.46. The van der Waals surface area contributed by atoms with Crippen molar-refractivity contribution < 1.29 is 0 Å². The van der Waals surface area contributed by atoms with Crippen molar-refractivity contribution in [1.82, 2.24) is 20.1 Å². The van der Waals surface area contributed by atoms with Crippen LogP contribution in [0, 0.1) is 13.8 Å². The van der Waals surface area contributed by atoms with Crippen LogP contribution in [0.4, 0.5) is 0 Å². The van der Waals surface area contributed by atoms with Crippen molar-refractivity contribution >= 4 is 0 Å². The number of nitrogens with one attached hydrogen (secondary N) is 1. The number of hydrogen-bond donors (Lipinski definition) is 1. The van der Waals surface area contributed by atoms with E-state index in [1.165, 1.54) is 5.56 Å². The summed E-state index contributed by atoms with van der Waals surface area (Å²) in [5.74, 6) is 1.72. The summed E-state index contributed by atoms with van der Waals surface area (Å²) in [7, 11) is 0. The van der Waals surface area contributed by atoms with E-state index in [0.717, 1.165) is 23.9 Å². The van der Waals surface area contributed by atoms with Gasteiger partial charge in [-0.3, -0.25) is 0 Å². The Bertz CT molecular complexity index is 564. The molecule has 4 heteroatoms. The van der Waals surface area contributed by atoms with Gasteiger partial charge in [0.2, 0.25) is 0 Å². The van der Waals surface area contributed by atoms with E-state index < -0.39 is 0 Å². The molecule has 0 spiro atoms. The zero-order valence-corrected chi connectivity index (χ0v) is 12.4.